The van der Waals surface area contributed by atoms with Gasteiger partial charge in [-0.3, -0.25) is 0 Å². The smallest absolute Gasteiger partial charge is 0.0634 e. The molecule has 4 aliphatic rings. The first-order valence-corrected chi connectivity index (χ1v) is 26.5. The van der Waals surface area contributed by atoms with Gasteiger partial charge in [-0.2, -0.15) is 0 Å². The lowest BCUT2D eigenvalue weighted by Gasteiger charge is -2.44. The van der Waals surface area contributed by atoms with E-state index in [4.69, 9.17) is 0 Å². The average molecular weight is 901 g/mol. The third-order valence-corrected chi connectivity index (χ3v) is 26.3. The van der Waals surface area contributed by atoms with Crippen LogP contribution in [0.5, 0.6) is 0 Å². The zero-order valence-electron chi connectivity index (χ0n) is 46.5. The van der Waals surface area contributed by atoms with Crippen LogP contribution in [0, 0.1) is 21.7 Å². The van der Waals surface area contributed by atoms with Crippen LogP contribution >= 0.6 is 0 Å². The highest BCUT2D eigenvalue weighted by atomic mass is 15.0. The molecule has 2 nitrogen and oxygen atoms in total. The van der Waals surface area contributed by atoms with Gasteiger partial charge in [-0.25, -0.2) is 0 Å². The standard InChI is InChI=1S/C66H80N2/c1-55(2)37-27-25-33-45-47-36-30-40-42(60(11,12)64(19,20)58(40,7)8)32-44(36)68-52-34(26-28-38-50(52)62(15,16)66(23,24)56(38,3)4)46(54(47)68)48-35-29-39-41(59(9,10)63(17,18)57(39,5)6)31-43(35)67(53(45)48)51(33)49(37)61(13,14)65(55,21)22/h25-32H,1-24H3. The van der Waals surface area contributed by atoms with Crippen molar-refractivity contribution in [2.45, 2.75) is 209 Å². The summed E-state index contributed by atoms with van der Waals surface area (Å²) in [6.45, 7) is 60.8. The predicted molar refractivity (Wildman–Crippen MR) is 295 cm³/mol. The minimum Gasteiger partial charge on any atom is -0.308 e. The molecule has 354 valence electrons. The summed E-state index contributed by atoms with van der Waals surface area (Å²) < 4.78 is 5.71. The average Bonchev–Trinajstić information content (AvgIpc) is 4.02. The summed E-state index contributed by atoms with van der Waals surface area (Å²) in [4.78, 5) is 0. The molecular formula is C66H80N2. The number of nitrogens with zero attached hydrogens (tertiary/aromatic N) is 2. The van der Waals surface area contributed by atoms with E-state index in [1.165, 1.54) is 110 Å². The Morgan fingerprint density at radius 2 is 0.500 bits per heavy atom. The van der Waals surface area contributed by atoms with Crippen molar-refractivity contribution in [3.05, 3.63) is 93.0 Å². The zero-order valence-corrected chi connectivity index (χ0v) is 46.5. The molecule has 4 aromatic heterocycles. The molecule has 5 aromatic carbocycles. The third-order valence-electron chi connectivity index (χ3n) is 26.3. The Balaban J connectivity index is 1.39. The van der Waals surface area contributed by atoms with Crippen LogP contribution in [0.15, 0.2) is 48.5 Å². The Hall–Kier alpha value is -4.30. The van der Waals surface area contributed by atoms with Gasteiger partial charge in [0, 0.05) is 43.1 Å². The van der Waals surface area contributed by atoms with E-state index >= 15 is 0 Å². The molecule has 9 aromatic rings. The first-order chi connectivity index (χ1) is 30.9. The minimum atomic E-state index is -0.0878. The zero-order chi connectivity index (χ0) is 49.5. The van der Waals surface area contributed by atoms with E-state index in [0.717, 1.165) is 0 Å². The lowest BCUT2D eigenvalue weighted by atomic mass is 9.59. The predicted octanol–water partition coefficient (Wildman–Crippen LogP) is 18.4. The van der Waals surface area contributed by atoms with Gasteiger partial charge in [0.1, 0.15) is 0 Å². The Kier molecular flexibility index (Phi) is 7.03. The van der Waals surface area contributed by atoms with Crippen LogP contribution in [0.1, 0.15) is 211 Å². The van der Waals surface area contributed by atoms with Gasteiger partial charge < -0.3 is 8.80 Å². The van der Waals surface area contributed by atoms with Crippen molar-refractivity contribution in [2.24, 2.45) is 21.7 Å². The Morgan fingerprint density at radius 1 is 0.250 bits per heavy atom. The van der Waals surface area contributed by atoms with Crippen LogP contribution in [0.3, 0.4) is 0 Å². The van der Waals surface area contributed by atoms with Gasteiger partial charge in [0.25, 0.3) is 0 Å². The van der Waals surface area contributed by atoms with E-state index < -0.39 is 0 Å². The van der Waals surface area contributed by atoms with Crippen LogP contribution in [-0.4, -0.2) is 8.80 Å². The van der Waals surface area contributed by atoms with Crippen LogP contribution in [0.25, 0.3) is 76.2 Å². The normalized spacial score (nSPS) is 25.3. The number of hydrogen-bond donors (Lipinski definition) is 0. The Bertz CT molecular complexity index is 3630. The highest BCUT2D eigenvalue weighted by Crippen LogP contribution is 2.69. The van der Waals surface area contributed by atoms with E-state index in [0.29, 0.717) is 0 Å². The lowest BCUT2D eigenvalue weighted by molar-refractivity contribution is 0.125. The number of rotatable bonds is 0. The van der Waals surface area contributed by atoms with Crippen molar-refractivity contribution in [3.63, 3.8) is 0 Å². The van der Waals surface area contributed by atoms with Crippen LogP contribution < -0.4 is 0 Å². The topological polar surface area (TPSA) is 8.82 Å². The molecule has 0 unspecified atom stereocenters. The fraction of sp³-hybridized carbons (Fsp3) is 0.545. The van der Waals surface area contributed by atoms with Crippen molar-refractivity contribution < 1.29 is 0 Å². The fourth-order valence-corrected chi connectivity index (χ4v) is 17.1. The molecule has 0 radical (unpaired) electrons. The second kappa shape index (κ2) is 10.9. The maximum atomic E-state index is 2.85. The quantitative estimate of drug-likeness (QED) is 0.143. The number of aromatic nitrogens is 2. The number of fused-ring (bicyclic) bond motifs is 20. The molecule has 0 aliphatic heterocycles. The molecule has 0 saturated heterocycles. The molecule has 0 fully saturated rings. The third kappa shape index (κ3) is 3.77. The number of benzene rings is 5. The second-order valence-electron chi connectivity index (χ2n) is 30.0. The minimum absolute atomic E-state index is 0.0175. The summed E-state index contributed by atoms with van der Waals surface area (Å²) in [5.41, 5.74) is 20.5. The Morgan fingerprint density at radius 3 is 0.809 bits per heavy atom. The summed E-state index contributed by atoms with van der Waals surface area (Å²) in [7, 11) is 0. The highest BCUT2D eigenvalue weighted by molar-refractivity contribution is 6.45. The molecular weight excluding hydrogens is 821 g/mol. The van der Waals surface area contributed by atoms with Crippen molar-refractivity contribution in [2.75, 3.05) is 0 Å². The Labute approximate surface area is 407 Å². The van der Waals surface area contributed by atoms with E-state index in [1.807, 2.05) is 0 Å². The second-order valence-corrected chi connectivity index (χ2v) is 30.0. The van der Waals surface area contributed by atoms with Crippen molar-refractivity contribution in [1.29, 1.82) is 0 Å². The van der Waals surface area contributed by atoms with Crippen molar-refractivity contribution >= 4 is 76.2 Å². The SMILES string of the molecule is CC1(C)c2cc3c4c5c6ccc7c(c6n6c8cc9c(cc8c(c8c%10ccc%11c(c%10n(c3cc2C(C)(C)C1(C)C)c48)C(C)(C)C(C)(C)C%11(C)C)c56)C(C)(C)C(C)(C)C9(C)C)C(C)(C)C(C)(C)C7(C)C. The molecule has 0 bridgehead atoms. The van der Waals surface area contributed by atoms with Gasteiger partial charge in [-0.1, -0.05) is 190 Å². The molecule has 0 spiro atoms. The first kappa shape index (κ1) is 43.7. The van der Waals surface area contributed by atoms with Gasteiger partial charge in [-0.15, -0.1) is 0 Å². The van der Waals surface area contributed by atoms with E-state index in [2.05, 4.69) is 224 Å². The monoisotopic (exact) mass is 901 g/mol. The van der Waals surface area contributed by atoms with Crippen molar-refractivity contribution in [1.82, 2.24) is 8.80 Å². The maximum Gasteiger partial charge on any atom is 0.0634 e. The fourth-order valence-electron chi connectivity index (χ4n) is 17.1. The van der Waals surface area contributed by atoms with Crippen molar-refractivity contribution in [3.8, 4) is 0 Å². The van der Waals surface area contributed by atoms with Gasteiger partial charge >= 0.3 is 0 Å². The van der Waals surface area contributed by atoms with E-state index in [-0.39, 0.29) is 65.0 Å². The highest BCUT2D eigenvalue weighted by Gasteiger charge is 2.62. The van der Waals surface area contributed by atoms with Gasteiger partial charge in [0.2, 0.25) is 0 Å². The molecule has 0 N–H and O–H groups in total. The molecule has 4 heterocycles. The summed E-state index contributed by atoms with van der Waals surface area (Å²) in [5.74, 6) is 0. The maximum absolute atomic E-state index is 2.85. The molecule has 0 atom stereocenters. The molecule has 0 saturated carbocycles. The lowest BCUT2D eigenvalue weighted by Crippen LogP contribution is -2.42. The van der Waals surface area contributed by atoms with Gasteiger partial charge in [0.15, 0.2) is 0 Å². The molecule has 68 heavy (non-hydrogen) atoms. The first-order valence-electron chi connectivity index (χ1n) is 26.5. The van der Waals surface area contributed by atoms with Crippen LogP contribution in [0.2, 0.25) is 0 Å². The molecule has 0 amide bonds. The van der Waals surface area contributed by atoms with Gasteiger partial charge in [-0.05, 0) is 134 Å². The van der Waals surface area contributed by atoms with E-state index in [9.17, 15) is 0 Å². The summed E-state index contributed by atoms with van der Waals surface area (Å²) in [6, 6.07) is 21.1. The number of hydrogen-bond acceptors (Lipinski definition) is 0. The summed E-state index contributed by atoms with van der Waals surface area (Å²) in [6.07, 6.45) is 0. The summed E-state index contributed by atoms with van der Waals surface area (Å²) in [5, 5.41) is 11.5. The summed E-state index contributed by atoms with van der Waals surface area (Å²) >= 11 is 0. The molecule has 13 rings (SSSR count). The van der Waals surface area contributed by atoms with E-state index in [1.54, 1.807) is 11.1 Å². The molecule has 2 heteroatoms. The molecule has 4 aliphatic carbocycles. The van der Waals surface area contributed by atoms with Gasteiger partial charge in [0.05, 0.1) is 33.1 Å². The van der Waals surface area contributed by atoms with Crippen LogP contribution in [0.4, 0.5) is 0 Å². The van der Waals surface area contributed by atoms with Crippen LogP contribution in [-0.2, 0) is 43.3 Å². The largest absolute Gasteiger partial charge is 0.308 e.